The molecular formula is C29H29ClN2O4S. The summed E-state index contributed by atoms with van der Waals surface area (Å²) in [4.78, 5) is 36.7. The first-order valence-corrected chi connectivity index (χ1v) is 13.4. The van der Waals surface area contributed by atoms with Crippen molar-refractivity contribution in [2.75, 3.05) is 13.2 Å². The number of ether oxygens (including phenoxy) is 2. The van der Waals surface area contributed by atoms with E-state index in [2.05, 4.69) is 4.99 Å². The number of hydrogen-bond donors (Lipinski definition) is 0. The van der Waals surface area contributed by atoms with Gasteiger partial charge in [0.25, 0.3) is 0 Å². The molecule has 6 nitrogen and oxygen atoms in total. The van der Waals surface area contributed by atoms with Gasteiger partial charge in [-0.05, 0) is 58.4 Å². The van der Waals surface area contributed by atoms with E-state index in [0.29, 0.717) is 22.0 Å². The number of esters is 2. The summed E-state index contributed by atoms with van der Waals surface area (Å²) in [7, 11) is 0. The van der Waals surface area contributed by atoms with E-state index in [1.165, 1.54) is 0 Å². The van der Waals surface area contributed by atoms with Crippen LogP contribution in [0.2, 0.25) is 5.02 Å². The van der Waals surface area contributed by atoms with Gasteiger partial charge in [-0.2, -0.15) is 0 Å². The second-order valence-electron chi connectivity index (χ2n) is 8.74. The Labute approximate surface area is 226 Å². The Kier molecular flexibility index (Phi) is 8.25. The summed E-state index contributed by atoms with van der Waals surface area (Å²) < 4.78 is 10.8. The third-order valence-corrected chi connectivity index (χ3v) is 7.54. The average molecular weight is 537 g/mol. The van der Waals surface area contributed by atoms with Crippen LogP contribution in [-0.4, -0.2) is 35.8 Å². The summed E-state index contributed by atoms with van der Waals surface area (Å²) in [6.07, 6.45) is 0. The topological polar surface area (TPSA) is 77.8 Å². The fourth-order valence-corrected chi connectivity index (χ4v) is 5.73. The van der Waals surface area contributed by atoms with Gasteiger partial charge < -0.3 is 9.47 Å². The van der Waals surface area contributed by atoms with Crippen LogP contribution in [0.5, 0.6) is 0 Å². The monoisotopic (exact) mass is 536 g/mol. The molecule has 1 aliphatic rings. The molecule has 0 N–H and O–H groups in total. The summed E-state index contributed by atoms with van der Waals surface area (Å²) in [6, 6.07) is 15.4. The van der Waals surface area contributed by atoms with Crippen LogP contribution in [-0.2, 0) is 19.1 Å². The third-order valence-electron chi connectivity index (χ3n) is 6.27. The predicted octanol–water partition coefficient (Wildman–Crippen LogP) is 7.01. The van der Waals surface area contributed by atoms with Gasteiger partial charge >= 0.3 is 11.9 Å². The van der Waals surface area contributed by atoms with Gasteiger partial charge in [-0.1, -0.05) is 41.9 Å². The van der Waals surface area contributed by atoms with Gasteiger partial charge in [0.2, 0.25) is 0 Å². The minimum Gasteiger partial charge on any atom is -0.465 e. The number of allylic oxidation sites excluding steroid dienone is 1. The maximum atomic E-state index is 13.1. The molecule has 37 heavy (non-hydrogen) atoms. The number of benzene rings is 2. The van der Waals surface area contributed by atoms with Gasteiger partial charge in [-0.3, -0.25) is 9.79 Å². The second kappa shape index (κ2) is 11.4. The zero-order valence-electron chi connectivity index (χ0n) is 21.5. The standard InChI is InChI=1S/C29H29ClN2O4S/c1-6-35-28(33)23-16(3)31-17(4)24(29(34)36-7-2)25(23)20-9-8-10-21(15-20)27-32-26(18(5)37-27)19-11-13-22(30)14-12-19/h8-15,23,25H,6-7H2,1-5H3. The van der Waals surface area contributed by atoms with Crippen molar-refractivity contribution in [1.82, 2.24) is 4.98 Å². The molecule has 2 atom stereocenters. The first-order chi connectivity index (χ1) is 17.7. The van der Waals surface area contributed by atoms with Crippen LogP contribution in [0.4, 0.5) is 0 Å². The fraction of sp³-hybridized carbons (Fsp3) is 0.310. The van der Waals surface area contributed by atoms with Crippen LogP contribution in [0.3, 0.4) is 0 Å². The van der Waals surface area contributed by atoms with Gasteiger partial charge in [0.05, 0.1) is 24.5 Å². The fourth-order valence-electron chi connectivity index (χ4n) is 4.67. The highest BCUT2D eigenvalue weighted by atomic mass is 35.5. The molecule has 0 saturated heterocycles. The minimum absolute atomic E-state index is 0.223. The molecule has 0 aliphatic carbocycles. The Morgan fingerprint density at radius 2 is 1.68 bits per heavy atom. The molecule has 2 aromatic carbocycles. The molecule has 2 heterocycles. The van der Waals surface area contributed by atoms with Crippen molar-refractivity contribution in [3.8, 4) is 21.8 Å². The van der Waals surface area contributed by atoms with Crippen molar-refractivity contribution in [3.05, 3.63) is 75.3 Å². The molecule has 0 amide bonds. The molecule has 0 bridgehead atoms. The van der Waals surface area contributed by atoms with Gasteiger partial charge in [-0.15, -0.1) is 11.3 Å². The van der Waals surface area contributed by atoms with Gasteiger partial charge in [-0.25, -0.2) is 9.78 Å². The van der Waals surface area contributed by atoms with Crippen molar-refractivity contribution < 1.29 is 19.1 Å². The van der Waals surface area contributed by atoms with Crippen LogP contribution in [0.1, 0.15) is 44.1 Å². The van der Waals surface area contributed by atoms with Crippen molar-refractivity contribution in [2.45, 2.75) is 40.5 Å². The quantitative estimate of drug-likeness (QED) is 0.303. The molecule has 0 saturated carbocycles. The van der Waals surface area contributed by atoms with Crippen molar-refractivity contribution in [3.63, 3.8) is 0 Å². The maximum Gasteiger partial charge on any atom is 0.336 e. The van der Waals surface area contributed by atoms with Crippen LogP contribution in [0, 0.1) is 12.8 Å². The Morgan fingerprint density at radius 3 is 2.35 bits per heavy atom. The summed E-state index contributed by atoms with van der Waals surface area (Å²) in [5, 5.41) is 1.52. The highest BCUT2D eigenvalue weighted by Crippen LogP contribution is 2.42. The molecule has 1 aliphatic heterocycles. The van der Waals surface area contributed by atoms with E-state index < -0.39 is 23.8 Å². The van der Waals surface area contributed by atoms with E-state index >= 15 is 0 Å². The Balaban J connectivity index is 1.81. The van der Waals surface area contributed by atoms with Crippen LogP contribution >= 0.6 is 22.9 Å². The number of carbonyl (C=O) groups excluding carboxylic acids is 2. The molecule has 0 fully saturated rings. The smallest absolute Gasteiger partial charge is 0.336 e. The summed E-state index contributed by atoms with van der Waals surface area (Å²) in [6.45, 7) is 9.59. The van der Waals surface area contributed by atoms with E-state index in [9.17, 15) is 9.59 Å². The number of aromatic nitrogens is 1. The highest BCUT2D eigenvalue weighted by Gasteiger charge is 2.42. The highest BCUT2D eigenvalue weighted by molar-refractivity contribution is 7.15. The van der Waals surface area contributed by atoms with Gasteiger partial charge in [0, 0.05) is 38.4 Å². The number of carbonyl (C=O) groups is 2. The maximum absolute atomic E-state index is 13.1. The SMILES string of the molecule is CCOC(=O)C1=C(C)N=C(C)C(C(=O)OCC)C1c1cccc(-c2nc(-c3ccc(Cl)cc3)c(C)s2)c1. The van der Waals surface area contributed by atoms with E-state index in [4.69, 9.17) is 26.1 Å². The molecule has 1 aromatic heterocycles. The Hall–Kier alpha value is -3.29. The molecule has 3 aromatic rings. The zero-order chi connectivity index (χ0) is 26.7. The zero-order valence-corrected chi connectivity index (χ0v) is 23.1. The van der Waals surface area contributed by atoms with Crippen LogP contribution in [0.25, 0.3) is 21.8 Å². The number of thiazole rings is 1. The molecule has 4 rings (SSSR count). The number of rotatable bonds is 7. The first kappa shape index (κ1) is 26.8. The van der Waals surface area contributed by atoms with E-state index in [1.807, 2.05) is 55.5 Å². The van der Waals surface area contributed by atoms with E-state index in [-0.39, 0.29) is 13.2 Å². The van der Waals surface area contributed by atoms with Crippen molar-refractivity contribution in [2.24, 2.45) is 10.9 Å². The number of nitrogens with zero attached hydrogens (tertiary/aromatic N) is 2. The van der Waals surface area contributed by atoms with E-state index in [1.54, 1.807) is 39.0 Å². The van der Waals surface area contributed by atoms with E-state index in [0.717, 1.165) is 32.3 Å². The largest absolute Gasteiger partial charge is 0.465 e. The first-order valence-electron chi connectivity index (χ1n) is 12.2. The third kappa shape index (κ3) is 5.53. The molecule has 0 spiro atoms. The summed E-state index contributed by atoms with van der Waals surface area (Å²) in [5.41, 5.74) is 5.11. The predicted molar refractivity (Wildman–Crippen MR) is 148 cm³/mol. The van der Waals surface area contributed by atoms with Crippen molar-refractivity contribution in [1.29, 1.82) is 0 Å². The molecule has 192 valence electrons. The van der Waals surface area contributed by atoms with Gasteiger partial charge in [0.1, 0.15) is 10.9 Å². The van der Waals surface area contributed by atoms with Gasteiger partial charge in [0.15, 0.2) is 0 Å². The molecule has 2 unspecified atom stereocenters. The number of aliphatic imine (C=N–C) groups is 1. The summed E-state index contributed by atoms with van der Waals surface area (Å²) in [5.74, 6) is -2.21. The van der Waals surface area contributed by atoms with Crippen LogP contribution in [0.15, 0.2) is 64.8 Å². The lowest BCUT2D eigenvalue weighted by atomic mass is 9.75. The summed E-state index contributed by atoms with van der Waals surface area (Å²) >= 11 is 7.65. The number of hydrogen-bond acceptors (Lipinski definition) is 7. The lowest BCUT2D eigenvalue weighted by Gasteiger charge is -2.31. The molecule has 8 heteroatoms. The average Bonchev–Trinajstić information content (AvgIpc) is 3.26. The lowest BCUT2D eigenvalue weighted by molar-refractivity contribution is -0.146. The number of halogens is 1. The second-order valence-corrected chi connectivity index (χ2v) is 10.4. The molecule has 0 radical (unpaired) electrons. The molecular weight excluding hydrogens is 508 g/mol. The van der Waals surface area contributed by atoms with Crippen LogP contribution < -0.4 is 0 Å². The Morgan fingerprint density at radius 1 is 0.973 bits per heavy atom. The number of aryl methyl sites for hydroxylation is 1. The lowest BCUT2D eigenvalue weighted by Crippen LogP contribution is -2.36. The minimum atomic E-state index is -0.735. The normalized spacial score (nSPS) is 17.4. The van der Waals surface area contributed by atoms with Crippen molar-refractivity contribution >= 4 is 40.6 Å². The Bertz CT molecular complexity index is 1390.